The first-order valence-electron chi connectivity index (χ1n) is 6.84. The second-order valence-electron chi connectivity index (χ2n) is 4.98. The van der Waals surface area contributed by atoms with Gasteiger partial charge >= 0.3 is 0 Å². The Bertz CT molecular complexity index is 626. The Morgan fingerprint density at radius 1 is 1.05 bits per heavy atom. The largest absolute Gasteiger partial charge is 0.351 e. The number of hydrogen-bond acceptors (Lipinski definition) is 2. The van der Waals surface area contributed by atoms with E-state index in [1.165, 1.54) is 0 Å². The standard InChI is InChI=1S/C17H19NO2S/c1-14-6-5-9-16(10-14)12-21(20)13-17(19)18-11-15-7-3-2-4-8-15/h2-10H,11-13H2,1H3,(H,18,19). The van der Waals surface area contributed by atoms with Crippen molar-refractivity contribution >= 4 is 16.7 Å². The molecule has 1 N–H and O–H groups in total. The highest BCUT2D eigenvalue weighted by atomic mass is 32.2. The van der Waals surface area contributed by atoms with Gasteiger partial charge in [0, 0.05) is 23.1 Å². The molecule has 0 spiro atoms. The predicted molar refractivity (Wildman–Crippen MR) is 86.2 cm³/mol. The van der Waals surface area contributed by atoms with Gasteiger partial charge in [0.2, 0.25) is 5.91 Å². The van der Waals surface area contributed by atoms with Crippen molar-refractivity contribution in [3.8, 4) is 0 Å². The van der Waals surface area contributed by atoms with Crippen molar-refractivity contribution in [2.75, 3.05) is 5.75 Å². The first-order valence-corrected chi connectivity index (χ1v) is 8.33. The fourth-order valence-corrected chi connectivity index (χ4v) is 3.08. The first-order chi connectivity index (χ1) is 10.1. The number of rotatable bonds is 6. The van der Waals surface area contributed by atoms with Crippen LogP contribution in [0.2, 0.25) is 0 Å². The van der Waals surface area contributed by atoms with E-state index in [0.717, 1.165) is 16.7 Å². The Kier molecular flexibility index (Phi) is 5.69. The third kappa shape index (κ3) is 5.52. The predicted octanol–water partition coefficient (Wildman–Crippen LogP) is 2.56. The zero-order valence-electron chi connectivity index (χ0n) is 12.0. The van der Waals surface area contributed by atoms with Crippen molar-refractivity contribution in [2.24, 2.45) is 0 Å². The Labute approximate surface area is 127 Å². The summed E-state index contributed by atoms with van der Waals surface area (Å²) < 4.78 is 12.0. The molecule has 3 nitrogen and oxygen atoms in total. The minimum absolute atomic E-state index is 0.0424. The Hall–Kier alpha value is -1.94. The number of aryl methyl sites for hydroxylation is 1. The van der Waals surface area contributed by atoms with Gasteiger partial charge < -0.3 is 5.32 Å². The van der Waals surface area contributed by atoms with Gasteiger partial charge in [0.25, 0.3) is 0 Å². The zero-order chi connectivity index (χ0) is 15.1. The van der Waals surface area contributed by atoms with Crippen molar-refractivity contribution < 1.29 is 9.00 Å². The molecule has 110 valence electrons. The highest BCUT2D eigenvalue weighted by Crippen LogP contribution is 2.07. The highest BCUT2D eigenvalue weighted by Gasteiger charge is 2.08. The van der Waals surface area contributed by atoms with Crippen molar-refractivity contribution in [3.05, 3.63) is 71.3 Å². The maximum atomic E-state index is 12.0. The van der Waals surface area contributed by atoms with Gasteiger partial charge in [-0.1, -0.05) is 60.2 Å². The summed E-state index contributed by atoms with van der Waals surface area (Å²) in [6.07, 6.45) is 0. The second kappa shape index (κ2) is 7.74. The Balaban J connectivity index is 1.78. The molecule has 1 unspecified atom stereocenters. The van der Waals surface area contributed by atoms with Crippen LogP contribution in [0, 0.1) is 6.92 Å². The van der Waals surface area contributed by atoms with E-state index in [0.29, 0.717) is 12.3 Å². The molecule has 0 saturated carbocycles. The van der Waals surface area contributed by atoms with E-state index < -0.39 is 10.8 Å². The number of hydrogen-bond donors (Lipinski definition) is 1. The van der Waals surface area contributed by atoms with Crippen LogP contribution in [0.1, 0.15) is 16.7 Å². The van der Waals surface area contributed by atoms with Crippen LogP contribution in [0.4, 0.5) is 0 Å². The summed E-state index contributed by atoms with van der Waals surface area (Å²) in [7, 11) is -1.18. The van der Waals surface area contributed by atoms with Crippen LogP contribution in [-0.2, 0) is 27.9 Å². The average molecular weight is 301 g/mol. The molecular formula is C17H19NO2S. The van der Waals surface area contributed by atoms with Crippen LogP contribution in [-0.4, -0.2) is 15.9 Å². The van der Waals surface area contributed by atoms with Crippen LogP contribution in [0.5, 0.6) is 0 Å². The molecule has 4 heteroatoms. The lowest BCUT2D eigenvalue weighted by Crippen LogP contribution is -2.28. The van der Waals surface area contributed by atoms with Crippen LogP contribution in [0.25, 0.3) is 0 Å². The number of nitrogens with one attached hydrogen (secondary N) is 1. The van der Waals surface area contributed by atoms with Crippen LogP contribution >= 0.6 is 0 Å². The molecule has 2 rings (SSSR count). The highest BCUT2D eigenvalue weighted by molar-refractivity contribution is 7.84. The molecular weight excluding hydrogens is 282 g/mol. The molecule has 1 amide bonds. The SMILES string of the molecule is Cc1cccc(CS(=O)CC(=O)NCc2ccccc2)c1. The van der Waals surface area contributed by atoms with Crippen molar-refractivity contribution in [1.29, 1.82) is 0 Å². The first kappa shape index (κ1) is 15.4. The van der Waals surface area contributed by atoms with E-state index in [-0.39, 0.29) is 11.7 Å². The maximum Gasteiger partial charge on any atom is 0.232 e. The molecule has 0 aliphatic heterocycles. The minimum atomic E-state index is -1.18. The lowest BCUT2D eigenvalue weighted by atomic mass is 10.2. The average Bonchev–Trinajstić information content (AvgIpc) is 2.46. The summed E-state index contributed by atoms with van der Waals surface area (Å²) in [6, 6.07) is 17.6. The molecule has 0 bridgehead atoms. The smallest absolute Gasteiger partial charge is 0.232 e. The summed E-state index contributed by atoms with van der Waals surface area (Å²) in [5.74, 6) is 0.283. The van der Waals surface area contributed by atoms with Gasteiger partial charge in [0.15, 0.2) is 0 Å². The van der Waals surface area contributed by atoms with Gasteiger partial charge in [-0.05, 0) is 18.1 Å². The Morgan fingerprint density at radius 3 is 2.48 bits per heavy atom. The third-order valence-electron chi connectivity index (χ3n) is 3.03. The van der Waals surface area contributed by atoms with E-state index >= 15 is 0 Å². The molecule has 0 saturated heterocycles. The van der Waals surface area contributed by atoms with Crippen LogP contribution < -0.4 is 5.32 Å². The van der Waals surface area contributed by atoms with Crippen LogP contribution in [0.15, 0.2) is 54.6 Å². The van der Waals surface area contributed by atoms with Gasteiger partial charge in [-0.25, -0.2) is 0 Å². The fourth-order valence-electron chi connectivity index (χ4n) is 2.03. The van der Waals surface area contributed by atoms with Crippen LogP contribution in [0.3, 0.4) is 0 Å². The molecule has 1 atom stereocenters. The summed E-state index contributed by atoms with van der Waals surface area (Å²) in [4.78, 5) is 11.8. The molecule has 21 heavy (non-hydrogen) atoms. The van der Waals surface area contributed by atoms with E-state index in [1.807, 2.05) is 61.5 Å². The number of benzene rings is 2. The van der Waals surface area contributed by atoms with Gasteiger partial charge in [0.05, 0.1) is 0 Å². The van der Waals surface area contributed by atoms with E-state index in [1.54, 1.807) is 0 Å². The second-order valence-corrected chi connectivity index (χ2v) is 6.44. The molecule has 0 heterocycles. The van der Waals surface area contributed by atoms with E-state index in [9.17, 15) is 9.00 Å². The van der Waals surface area contributed by atoms with Gasteiger partial charge in [-0.15, -0.1) is 0 Å². The molecule has 0 aromatic heterocycles. The van der Waals surface area contributed by atoms with Gasteiger partial charge in [-0.3, -0.25) is 9.00 Å². The Morgan fingerprint density at radius 2 is 1.76 bits per heavy atom. The molecule has 2 aromatic rings. The number of carbonyl (C=O) groups excluding carboxylic acids is 1. The lowest BCUT2D eigenvalue weighted by molar-refractivity contribution is -0.118. The lowest BCUT2D eigenvalue weighted by Gasteiger charge is -2.06. The van der Waals surface area contributed by atoms with E-state index in [2.05, 4.69) is 5.32 Å². The maximum absolute atomic E-state index is 12.0. The topological polar surface area (TPSA) is 46.2 Å². The zero-order valence-corrected chi connectivity index (χ0v) is 12.9. The fraction of sp³-hybridized carbons (Fsp3) is 0.235. The molecule has 0 aliphatic carbocycles. The summed E-state index contributed by atoms with van der Waals surface area (Å²) >= 11 is 0. The van der Waals surface area contributed by atoms with Gasteiger partial charge in [0.1, 0.15) is 5.75 Å². The van der Waals surface area contributed by atoms with Crippen molar-refractivity contribution in [1.82, 2.24) is 5.32 Å². The third-order valence-corrected chi connectivity index (χ3v) is 4.27. The molecule has 0 fully saturated rings. The number of amides is 1. The van der Waals surface area contributed by atoms with Crippen molar-refractivity contribution in [2.45, 2.75) is 19.2 Å². The van der Waals surface area contributed by atoms with Gasteiger partial charge in [-0.2, -0.15) is 0 Å². The monoisotopic (exact) mass is 301 g/mol. The normalized spacial score (nSPS) is 11.9. The summed E-state index contributed by atoms with van der Waals surface area (Å²) in [5, 5.41) is 2.80. The molecule has 0 radical (unpaired) electrons. The summed E-state index contributed by atoms with van der Waals surface area (Å²) in [5.41, 5.74) is 3.18. The quantitative estimate of drug-likeness (QED) is 0.891. The van der Waals surface area contributed by atoms with Crippen molar-refractivity contribution in [3.63, 3.8) is 0 Å². The van der Waals surface area contributed by atoms with E-state index in [4.69, 9.17) is 0 Å². The summed E-state index contributed by atoms with van der Waals surface area (Å²) in [6.45, 7) is 2.47. The number of carbonyl (C=O) groups is 1. The minimum Gasteiger partial charge on any atom is -0.351 e. The molecule has 0 aliphatic rings. The molecule has 2 aromatic carbocycles.